The maximum Gasteiger partial charge on any atom is 0.172 e. The first-order valence-corrected chi connectivity index (χ1v) is 14.8. The number of nitrogens with zero attached hydrogens (tertiary/aromatic N) is 4. The van der Waals surface area contributed by atoms with Crippen LogP contribution in [0.2, 0.25) is 0 Å². The normalized spacial score (nSPS) is 11.9. The Labute approximate surface area is 258 Å². The monoisotopic (exact) mass is 580 g/mol. The highest BCUT2D eigenvalue weighted by Gasteiger charge is 2.23. The number of hydrogen-bond donors (Lipinski definition) is 0. The average Bonchev–Trinajstić information content (AvgIpc) is 3.43. The van der Waals surface area contributed by atoms with Crippen molar-refractivity contribution in [1.82, 2.24) is 19.5 Å². The SMILES string of the molecule is c1ccc(-c2nc(-c3ccccc3)nc(-c3cccc(-n4c5ccccc5c5cc6c(cc54)Oc4ccccc4O6)c3)n2)cc1. The molecule has 9 rings (SSSR count). The maximum atomic E-state index is 6.31. The molecule has 0 atom stereocenters. The fourth-order valence-electron chi connectivity index (χ4n) is 5.99. The first-order chi connectivity index (χ1) is 22.3. The van der Waals surface area contributed by atoms with Crippen molar-refractivity contribution in [2.45, 2.75) is 0 Å². The van der Waals surface area contributed by atoms with Crippen molar-refractivity contribution in [2.75, 3.05) is 0 Å². The van der Waals surface area contributed by atoms with E-state index >= 15 is 0 Å². The second-order valence-electron chi connectivity index (χ2n) is 10.9. The van der Waals surface area contributed by atoms with Crippen LogP contribution in [0.4, 0.5) is 0 Å². The Bertz CT molecular complexity index is 2330. The summed E-state index contributed by atoms with van der Waals surface area (Å²) in [6.45, 7) is 0. The molecule has 0 amide bonds. The van der Waals surface area contributed by atoms with Crippen LogP contribution in [0.15, 0.2) is 146 Å². The van der Waals surface area contributed by atoms with E-state index in [1.165, 1.54) is 0 Å². The first kappa shape index (κ1) is 25.2. The molecule has 0 fully saturated rings. The van der Waals surface area contributed by atoms with Gasteiger partial charge in [0, 0.05) is 39.2 Å². The van der Waals surface area contributed by atoms with Crippen molar-refractivity contribution in [3.8, 4) is 62.8 Å². The van der Waals surface area contributed by atoms with Crippen molar-refractivity contribution in [3.63, 3.8) is 0 Å². The Hall–Kier alpha value is -6.27. The molecular weight excluding hydrogens is 556 g/mol. The van der Waals surface area contributed by atoms with Crippen LogP contribution in [-0.4, -0.2) is 19.5 Å². The van der Waals surface area contributed by atoms with Crippen LogP contribution in [-0.2, 0) is 0 Å². The van der Waals surface area contributed by atoms with Gasteiger partial charge in [0.05, 0.1) is 11.0 Å². The molecule has 8 aromatic rings. The smallest absolute Gasteiger partial charge is 0.172 e. The molecule has 1 aliphatic heterocycles. The van der Waals surface area contributed by atoms with Gasteiger partial charge in [0.2, 0.25) is 0 Å². The van der Waals surface area contributed by atoms with Crippen LogP contribution in [0.1, 0.15) is 0 Å². The van der Waals surface area contributed by atoms with E-state index in [2.05, 4.69) is 53.1 Å². The zero-order chi connectivity index (χ0) is 29.7. The van der Waals surface area contributed by atoms with Gasteiger partial charge in [0.15, 0.2) is 40.5 Å². The van der Waals surface area contributed by atoms with Gasteiger partial charge in [-0.25, -0.2) is 15.0 Å². The van der Waals surface area contributed by atoms with E-state index in [4.69, 9.17) is 24.4 Å². The zero-order valence-electron chi connectivity index (χ0n) is 24.0. The molecule has 6 aromatic carbocycles. The van der Waals surface area contributed by atoms with E-state index < -0.39 is 0 Å². The molecule has 2 aromatic heterocycles. The van der Waals surface area contributed by atoms with Crippen LogP contribution < -0.4 is 9.47 Å². The Kier molecular flexibility index (Phi) is 5.71. The summed E-state index contributed by atoms with van der Waals surface area (Å²) in [6.07, 6.45) is 0. The topological polar surface area (TPSA) is 62.1 Å². The van der Waals surface area contributed by atoms with Crippen molar-refractivity contribution in [3.05, 3.63) is 146 Å². The number of hydrogen-bond acceptors (Lipinski definition) is 5. The lowest BCUT2D eigenvalue weighted by atomic mass is 10.1. The average molecular weight is 581 g/mol. The van der Waals surface area contributed by atoms with Gasteiger partial charge >= 0.3 is 0 Å². The van der Waals surface area contributed by atoms with Crippen LogP contribution >= 0.6 is 0 Å². The number of fused-ring (bicyclic) bond motifs is 5. The van der Waals surface area contributed by atoms with E-state index in [1.54, 1.807) is 0 Å². The lowest BCUT2D eigenvalue weighted by Crippen LogP contribution is -2.01. The van der Waals surface area contributed by atoms with Crippen LogP contribution in [0.25, 0.3) is 61.7 Å². The maximum absolute atomic E-state index is 6.31. The molecule has 6 nitrogen and oxygen atoms in total. The summed E-state index contributed by atoms with van der Waals surface area (Å²) >= 11 is 0. The van der Waals surface area contributed by atoms with E-state index in [1.807, 2.05) is 97.1 Å². The molecule has 0 aliphatic carbocycles. The summed E-state index contributed by atoms with van der Waals surface area (Å²) in [4.78, 5) is 14.8. The molecule has 45 heavy (non-hydrogen) atoms. The fourth-order valence-corrected chi connectivity index (χ4v) is 5.99. The van der Waals surface area contributed by atoms with Gasteiger partial charge in [0.25, 0.3) is 0 Å². The third kappa shape index (κ3) is 4.31. The second kappa shape index (κ2) is 10.2. The molecule has 0 bridgehead atoms. The standard InChI is InChI=1S/C39H24N4O2/c1-3-12-25(13-4-1)37-40-38(26-14-5-2-6-15-26)42-39(41-37)27-16-11-17-28(22-27)43-31-19-8-7-18-29(31)30-23-35-36(24-32(30)43)45-34-21-10-9-20-33(34)44-35/h1-24H. The van der Waals surface area contributed by atoms with Crippen molar-refractivity contribution >= 4 is 21.8 Å². The minimum Gasteiger partial charge on any atom is -0.449 e. The lowest BCUT2D eigenvalue weighted by Gasteiger charge is -2.20. The minimum atomic E-state index is 0.607. The molecule has 0 unspecified atom stereocenters. The minimum absolute atomic E-state index is 0.607. The van der Waals surface area contributed by atoms with Gasteiger partial charge in [-0.1, -0.05) is 103 Å². The molecule has 0 saturated heterocycles. The van der Waals surface area contributed by atoms with Gasteiger partial charge in [-0.05, 0) is 36.4 Å². The zero-order valence-corrected chi connectivity index (χ0v) is 24.0. The number of benzene rings is 6. The van der Waals surface area contributed by atoms with Crippen LogP contribution in [0.3, 0.4) is 0 Å². The lowest BCUT2D eigenvalue weighted by molar-refractivity contribution is 0.360. The quantitative estimate of drug-likeness (QED) is 0.207. The predicted molar refractivity (Wildman–Crippen MR) is 177 cm³/mol. The van der Waals surface area contributed by atoms with Crippen LogP contribution in [0, 0.1) is 0 Å². The second-order valence-corrected chi connectivity index (χ2v) is 10.9. The molecule has 0 radical (unpaired) electrons. The van der Waals surface area contributed by atoms with Crippen molar-refractivity contribution in [1.29, 1.82) is 0 Å². The van der Waals surface area contributed by atoms with Crippen LogP contribution in [0.5, 0.6) is 23.0 Å². The van der Waals surface area contributed by atoms with Crippen molar-refractivity contribution in [2.24, 2.45) is 0 Å². The molecule has 3 heterocycles. The summed E-state index contributed by atoms with van der Waals surface area (Å²) in [5.74, 6) is 4.66. The Morgan fingerprint density at radius 3 is 1.58 bits per heavy atom. The number of rotatable bonds is 4. The molecule has 0 spiro atoms. The number of para-hydroxylation sites is 3. The predicted octanol–water partition coefficient (Wildman–Crippen LogP) is 9.87. The van der Waals surface area contributed by atoms with Gasteiger partial charge in [0.1, 0.15) is 0 Å². The van der Waals surface area contributed by atoms with E-state index in [0.29, 0.717) is 40.5 Å². The summed E-state index contributed by atoms with van der Waals surface area (Å²) in [5, 5.41) is 2.21. The largest absolute Gasteiger partial charge is 0.449 e. The van der Waals surface area contributed by atoms with Gasteiger partial charge in [-0.2, -0.15) is 0 Å². The van der Waals surface area contributed by atoms with E-state index in [9.17, 15) is 0 Å². The summed E-state index contributed by atoms with van der Waals surface area (Å²) in [5.41, 5.74) is 5.84. The van der Waals surface area contributed by atoms with Gasteiger partial charge in [-0.3, -0.25) is 0 Å². The molecule has 6 heteroatoms. The third-order valence-electron chi connectivity index (χ3n) is 8.09. The molecule has 212 valence electrons. The summed E-state index contributed by atoms with van der Waals surface area (Å²) in [7, 11) is 0. The first-order valence-electron chi connectivity index (χ1n) is 14.8. The highest BCUT2D eigenvalue weighted by molar-refractivity contribution is 6.10. The highest BCUT2D eigenvalue weighted by Crippen LogP contribution is 2.48. The molecular formula is C39H24N4O2. The Balaban J connectivity index is 1.23. The summed E-state index contributed by atoms with van der Waals surface area (Å²) < 4.78 is 14.8. The molecule has 1 aliphatic rings. The van der Waals surface area contributed by atoms with E-state index in [-0.39, 0.29) is 0 Å². The highest BCUT2D eigenvalue weighted by atomic mass is 16.6. The van der Waals surface area contributed by atoms with E-state index in [0.717, 1.165) is 44.2 Å². The van der Waals surface area contributed by atoms with Gasteiger partial charge in [-0.15, -0.1) is 0 Å². The van der Waals surface area contributed by atoms with Gasteiger partial charge < -0.3 is 14.0 Å². The fraction of sp³-hybridized carbons (Fsp3) is 0. The van der Waals surface area contributed by atoms with Crippen molar-refractivity contribution < 1.29 is 9.47 Å². The number of aromatic nitrogens is 4. The third-order valence-corrected chi connectivity index (χ3v) is 8.09. The Morgan fingerprint density at radius 2 is 0.911 bits per heavy atom. The Morgan fingerprint density at radius 1 is 0.378 bits per heavy atom. The number of ether oxygens (including phenoxy) is 2. The summed E-state index contributed by atoms with van der Waals surface area (Å²) in [6, 6.07) is 48.7. The molecule has 0 N–H and O–H groups in total. The molecule has 0 saturated carbocycles.